The van der Waals surface area contributed by atoms with Crippen LogP contribution in [0.3, 0.4) is 0 Å². The summed E-state index contributed by atoms with van der Waals surface area (Å²) < 4.78 is 0. The Morgan fingerprint density at radius 3 is 0.717 bits per heavy atom. The highest BCUT2D eigenvalue weighted by Crippen LogP contribution is 2.16. The maximum Gasteiger partial charge on any atom is 0.128 e. The van der Waals surface area contributed by atoms with Gasteiger partial charge in [0, 0.05) is 83.8 Å². The van der Waals surface area contributed by atoms with Gasteiger partial charge in [0.2, 0.25) is 0 Å². The molecule has 0 aliphatic heterocycles. The lowest BCUT2D eigenvalue weighted by atomic mass is 10.1. The van der Waals surface area contributed by atoms with Crippen molar-refractivity contribution >= 4 is 32.7 Å². The van der Waals surface area contributed by atoms with Crippen LogP contribution < -0.4 is 0 Å². The summed E-state index contributed by atoms with van der Waals surface area (Å²) in [6.07, 6.45) is 23.8. The van der Waals surface area contributed by atoms with Crippen molar-refractivity contribution in [1.82, 2.24) is 64.8 Å². The Bertz CT molecular complexity index is 5200. The Hall–Kier alpha value is -16.5. The first-order valence-corrected chi connectivity index (χ1v) is 45.7. The summed E-state index contributed by atoms with van der Waals surface area (Å²) in [6.45, 7) is 36.7. The summed E-state index contributed by atoms with van der Waals surface area (Å²) in [4.78, 5) is 50.6. The molecule has 702 valence electrons. The van der Waals surface area contributed by atoms with Crippen LogP contribution in [0.1, 0.15) is 101 Å². The Kier molecular flexibility index (Phi) is 61.8. The molecule has 13 aromatic carbocycles. The van der Waals surface area contributed by atoms with Crippen LogP contribution in [0.4, 0.5) is 0 Å². The molecule has 0 bridgehead atoms. The standard InChI is InChI=1S/3C10H9N.10C7H8.C6H7N.3C5H6N2.C4H5N3/c1-8-4-2-5-9-6-3-7-11-10(8)9;1-8-4-5-10-9(7-8)3-2-6-11-10;1-8-4-5-9-3-2-6-11-10(9)7-8;10*1-7-5-3-2-4-6-7;1-6-2-4-7-5-3-6;1-5-2-6-4-7-3-5;1-5-2-3-6-4-7-5;1-5-6-3-2-4-7-5;1-4-6-2-5-3-7-4/h3*2-7H,1H3;10*2-6H,1H3;2-5H,1H3;3*2-4H,1H3;2-3H,1H3. The van der Waals surface area contributed by atoms with Gasteiger partial charge in [0.1, 0.15) is 37.0 Å². The molecular weight excluding hydrogens is 1680 g/mol. The predicted octanol–water partition coefficient (Wildman–Crippen LogP) is 31.5. The first-order valence-electron chi connectivity index (χ1n) is 45.7. The van der Waals surface area contributed by atoms with Crippen molar-refractivity contribution in [3.8, 4) is 0 Å². The third-order valence-electron chi connectivity index (χ3n) is 18.3. The molecular formula is C125H137N13. The number of pyridine rings is 4. The van der Waals surface area contributed by atoms with Crippen LogP contribution in [-0.4, -0.2) is 64.8 Å². The fourth-order valence-electron chi connectivity index (χ4n) is 10.8. The van der Waals surface area contributed by atoms with Gasteiger partial charge in [-0.2, -0.15) is 0 Å². The topological polar surface area (TPSA) is 168 Å². The van der Waals surface area contributed by atoms with Crippen LogP contribution in [0, 0.1) is 125 Å². The number of para-hydroxylation sites is 1. The highest BCUT2D eigenvalue weighted by atomic mass is 15.0. The Morgan fingerprint density at radius 2 is 0.442 bits per heavy atom. The van der Waals surface area contributed by atoms with Crippen molar-refractivity contribution in [2.75, 3.05) is 0 Å². The molecule has 21 aromatic rings. The van der Waals surface area contributed by atoms with Gasteiger partial charge in [-0.05, 0) is 208 Å². The Labute approximate surface area is 823 Å². The van der Waals surface area contributed by atoms with Crippen LogP contribution in [0.25, 0.3) is 32.7 Å². The number of hydrogen-bond acceptors (Lipinski definition) is 13. The molecule has 138 heavy (non-hydrogen) atoms. The first kappa shape index (κ1) is 114. The van der Waals surface area contributed by atoms with Crippen LogP contribution in [0.2, 0.25) is 0 Å². The lowest BCUT2D eigenvalue weighted by Gasteiger charge is -1.97. The van der Waals surface area contributed by atoms with Crippen molar-refractivity contribution < 1.29 is 0 Å². The van der Waals surface area contributed by atoms with Crippen LogP contribution in [0.15, 0.2) is 506 Å². The van der Waals surface area contributed by atoms with E-state index < -0.39 is 0 Å². The van der Waals surface area contributed by atoms with E-state index in [-0.39, 0.29) is 0 Å². The summed E-state index contributed by atoms with van der Waals surface area (Å²) in [6, 6.07) is 141. The van der Waals surface area contributed by atoms with Gasteiger partial charge in [-0.25, -0.2) is 44.9 Å². The van der Waals surface area contributed by atoms with E-state index in [2.05, 4.69) is 343 Å². The molecule has 13 nitrogen and oxygen atoms in total. The van der Waals surface area contributed by atoms with Crippen molar-refractivity contribution in [1.29, 1.82) is 0 Å². The minimum atomic E-state index is 0.759. The molecule has 13 heteroatoms. The van der Waals surface area contributed by atoms with E-state index in [1.807, 2.05) is 278 Å². The van der Waals surface area contributed by atoms with Crippen LogP contribution in [-0.2, 0) is 0 Å². The van der Waals surface area contributed by atoms with Crippen LogP contribution >= 0.6 is 0 Å². The SMILES string of the molecule is Cc1ccc2cccnc2c1.Cc1ccc2ncccc2c1.Cc1cccc2cccnc12.Cc1ccccc1.Cc1ccccc1.Cc1ccccc1.Cc1ccccc1.Cc1ccccc1.Cc1ccccc1.Cc1ccccc1.Cc1ccccc1.Cc1ccccc1.Cc1ccccc1.Cc1ccncc1.Cc1ccncn1.Cc1cncnc1.Cc1ncccn1.Cc1ncncn1. The number of aryl methyl sites for hydroxylation is 18. The smallest absolute Gasteiger partial charge is 0.128 e. The molecule has 0 aliphatic carbocycles. The van der Waals surface area contributed by atoms with Crippen molar-refractivity contribution in [3.05, 3.63) is 607 Å². The molecule has 0 saturated heterocycles. The van der Waals surface area contributed by atoms with Gasteiger partial charge in [-0.1, -0.05) is 419 Å². The quantitative estimate of drug-likeness (QED) is 0.141. The molecule has 0 aliphatic rings. The van der Waals surface area contributed by atoms with Crippen molar-refractivity contribution in [3.63, 3.8) is 0 Å². The van der Waals surface area contributed by atoms with E-state index >= 15 is 0 Å². The van der Waals surface area contributed by atoms with E-state index in [0.717, 1.165) is 39.5 Å². The Balaban J connectivity index is 0.000000306. The van der Waals surface area contributed by atoms with Gasteiger partial charge in [0.25, 0.3) is 0 Å². The lowest BCUT2D eigenvalue weighted by molar-refractivity contribution is 0.974. The zero-order chi connectivity index (χ0) is 99.7. The Morgan fingerprint density at radius 1 is 0.145 bits per heavy atom. The highest BCUT2D eigenvalue weighted by Gasteiger charge is 1.96. The summed E-state index contributed by atoms with van der Waals surface area (Å²) in [7, 11) is 0. The monoisotopic (exact) mass is 1820 g/mol. The average Bonchev–Trinajstić information content (AvgIpc) is 0.861. The van der Waals surface area contributed by atoms with Gasteiger partial charge >= 0.3 is 0 Å². The second kappa shape index (κ2) is 75.0. The van der Waals surface area contributed by atoms with Gasteiger partial charge in [0.05, 0.1) is 16.6 Å². The van der Waals surface area contributed by atoms with Gasteiger partial charge < -0.3 is 0 Å². The molecule has 0 fully saturated rings. The van der Waals surface area contributed by atoms with E-state index in [4.69, 9.17) is 0 Å². The molecule has 8 aromatic heterocycles. The summed E-state index contributed by atoms with van der Waals surface area (Å²) in [5, 5.41) is 3.64. The molecule has 0 spiro atoms. The van der Waals surface area contributed by atoms with E-state index in [0.29, 0.717) is 0 Å². The molecule has 0 N–H and O–H groups in total. The predicted molar refractivity (Wildman–Crippen MR) is 585 cm³/mol. The molecule has 0 saturated carbocycles. The second-order valence-electron chi connectivity index (χ2n) is 31.4. The molecule has 0 atom stereocenters. The normalized spacial score (nSPS) is 9.09. The number of benzene rings is 13. The van der Waals surface area contributed by atoms with Crippen molar-refractivity contribution in [2.24, 2.45) is 0 Å². The fraction of sp³-hybridized carbons (Fsp3) is 0.144. The summed E-state index contributed by atoms with van der Waals surface area (Å²) in [5.41, 5.74) is 23.6. The molecule has 8 heterocycles. The largest absolute Gasteiger partial charge is 0.265 e. The number of nitrogens with zero attached hydrogens (tertiary/aromatic N) is 13. The minimum Gasteiger partial charge on any atom is -0.265 e. The maximum absolute atomic E-state index is 4.28. The lowest BCUT2D eigenvalue weighted by Crippen LogP contribution is -1.84. The number of aromatic nitrogens is 13. The maximum atomic E-state index is 4.28. The van der Waals surface area contributed by atoms with Crippen LogP contribution in [0.5, 0.6) is 0 Å². The fourth-order valence-corrected chi connectivity index (χ4v) is 10.8. The zero-order valence-electron chi connectivity index (χ0n) is 83.7. The molecule has 21 rings (SSSR count). The summed E-state index contributed by atoms with van der Waals surface area (Å²) >= 11 is 0. The zero-order valence-corrected chi connectivity index (χ0v) is 83.7. The molecule has 0 radical (unpaired) electrons. The van der Waals surface area contributed by atoms with Gasteiger partial charge in [-0.15, -0.1) is 0 Å². The van der Waals surface area contributed by atoms with E-state index in [9.17, 15) is 0 Å². The third kappa shape index (κ3) is 62.0. The molecule has 0 unspecified atom stereocenters. The molecule has 0 amide bonds. The first-order chi connectivity index (χ1) is 67.0. The van der Waals surface area contributed by atoms with Crippen molar-refractivity contribution in [2.45, 2.75) is 125 Å². The minimum absolute atomic E-state index is 0.759. The second-order valence-corrected chi connectivity index (χ2v) is 31.4. The number of hydrogen-bond donors (Lipinski definition) is 0. The number of rotatable bonds is 0. The van der Waals surface area contributed by atoms with Gasteiger partial charge in [-0.3, -0.25) is 19.9 Å². The summed E-state index contributed by atoms with van der Waals surface area (Å²) in [5.74, 6) is 1.58. The highest BCUT2D eigenvalue weighted by molar-refractivity contribution is 5.81. The van der Waals surface area contributed by atoms with Gasteiger partial charge in [0.15, 0.2) is 0 Å². The van der Waals surface area contributed by atoms with E-state index in [1.165, 1.54) is 119 Å². The average molecular weight is 1820 g/mol. The number of fused-ring (bicyclic) bond motifs is 3. The van der Waals surface area contributed by atoms with E-state index in [1.54, 1.807) is 49.4 Å². The third-order valence-corrected chi connectivity index (χ3v) is 18.3.